The van der Waals surface area contributed by atoms with E-state index in [4.69, 9.17) is 19.2 Å². The smallest absolute Gasteiger partial charge is 0.339 e. The van der Waals surface area contributed by atoms with Gasteiger partial charge in [-0.05, 0) is 65.9 Å². The average Bonchev–Trinajstić information content (AvgIpc) is 3.32. The summed E-state index contributed by atoms with van der Waals surface area (Å²) in [6.07, 6.45) is 3.42. The summed E-state index contributed by atoms with van der Waals surface area (Å²) in [5, 5.41) is 3.44. The summed E-state index contributed by atoms with van der Waals surface area (Å²) >= 11 is 0. The van der Waals surface area contributed by atoms with Gasteiger partial charge in [0.05, 0.1) is 31.0 Å². The third kappa shape index (κ3) is 5.02. The Bertz CT molecular complexity index is 1510. The summed E-state index contributed by atoms with van der Waals surface area (Å²) in [5.41, 5.74) is 5.36. The number of methoxy groups -OCH3 is 2. The molecule has 0 atom stereocenters. The summed E-state index contributed by atoms with van der Waals surface area (Å²) in [5.74, 6) is 0.357. The molecule has 0 unspecified atom stereocenters. The molecule has 0 saturated carbocycles. The highest BCUT2D eigenvalue weighted by Crippen LogP contribution is 2.38. The largest absolute Gasteiger partial charge is 0.493 e. The third-order valence-electron chi connectivity index (χ3n) is 6.29. The first-order valence-corrected chi connectivity index (χ1v) is 11.9. The Morgan fingerprint density at radius 3 is 2.46 bits per heavy atom. The molecule has 0 radical (unpaired) electrons. The molecule has 4 aromatic rings. The summed E-state index contributed by atoms with van der Waals surface area (Å²) < 4.78 is 16.3. The van der Waals surface area contributed by atoms with Crippen LogP contribution in [0.15, 0.2) is 72.8 Å². The van der Waals surface area contributed by atoms with Gasteiger partial charge in [-0.15, -0.1) is 0 Å². The van der Waals surface area contributed by atoms with Crippen molar-refractivity contribution in [2.24, 2.45) is 0 Å². The molecule has 0 aliphatic heterocycles. The number of pyridine rings is 1. The van der Waals surface area contributed by atoms with Crippen LogP contribution in [-0.4, -0.2) is 37.7 Å². The number of nitrogens with one attached hydrogen (secondary N) is 1. The Kier molecular flexibility index (Phi) is 6.85. The van der Waals surface area contributed by atoms with Crippen molar-refractivity contribution in [1.29, 1.82) is 0 Å². The van der Waals surface area contributed by atoms with E-state index in [1.165, 1.54) is 0 Å². The maximum Gasteiger partial charge on any atom is 0.339 e. The van der Waals surface area contributed by atoms with Crippen LogP contribution in [0.1, 0.15) is 33.6 Å². The van der Waals surface area contributed by atoms with Crippen LogP contribution >= 0.6 is 0 Å². The molecule has 186 valence electrons. The number of amides is 1. The van der Waals surface area contributed by atoms with Gasteiger partial charge < -0.3 is 19.5 Å². The molecule has 3 aromatic carbocycles. The summed E-state index contributed by atoms with van der Waals surface area (Å²) in [4.78, 5) is 30.6. The van der Waals surface area contributed by atoms with E-state index in [0.29, 0.717) is 40.1 Å². The van der Waals surface area contributed by atoms with Gasteiger partial charge in [-0.2, -0.15) is 0 Å². The number of benzene rings is 3. The van der Waals surface area contributed by atoms with E-state index in [0.717, 1.165) is 28.8 Å². The highest BCUT2D eigenvalue weighted by atomic mass is 16.5. The molecule has 7 nitrogen and oxygen atoms in total. The van der Waals surface area contributed by atoms with Gasteiger partial charge in [0.25, 0.3) is 5.91 Å². The highest BCUT2D eigenvalue weighted by Gasteiger charge is 2.28. The number of carbonyl (C=O) groups excluding carboxylic acids is 2. The van der Waals surface area contributed by atoms with Gasteiger partial charge in [0.2, 0.25) is 0 Å². The van der Waals surface area contributed by atoms with E-state index in [2.05, 4.69) is 11.4 Å². The minimum absolute atomic E-state index is 0.381. The molecule has 1 heterocycles. The lowest BCUT2D eigenvalue weighted by Gasteiger charge is -2.13. The number of esters is 1. The SMILES string of the molecule is COc1ccc(/C=C2/CCc3c2nc2ccccc2c3C(=O)OCC(=O)Nc2ccccc2)cc1OC. The maximum atomic E-state index is 13.3. The van der Waals surface area contributed by atoms with Gasteiger partial charge in [0.15, 0.2) is 18.1 Å². The monoisotopic (exact) mass is 494 g/mol. The fourth-order valence-corrected chi connectivity index (χ4v) is 4.58. The first-order chi connectivity index (χ1) is 18.1. The van der Waals surface area contributed by atoms with Crippen LogP contribution in [0.25, 0.3) is 22.6 Å². The molecular weight excluding hydrogens is 468 g/mol. The number of nitrogens with zero attached hydrogens (tertiary/aromatic N) is 1. The first-order valence-electron chi connectivity index (χ1n) is 11.9. The molecule has 0 saturated heterocycles. The molecule has 0 bridgehead atoms. The van der Waals surface area contributed by atoms with Crippen LogP contribution < -0.4 is 14.8 Å². The number of fused-ring (bicyclic) bond motifs is 2. The molecule has 1 amide bonds. The number of para-hydroxylation sites is 2. The predicted molar refractivity (Wildman–Crippen MR) is 143 cm³/mol. The van der Waals surface area contributed by atoms with Crippen LogP contribution in [0.2, 0.25) is 0 Å². The van der Waals surface area contributed by atoms with Crippen molar-refractivity contribution in [3.8, 4) is 11.5 Å². The van der Waals surface area contributed by atoms with E-state index < -0.39 is 11.9 Å². The summed E-state index contributed by atoms with van der Waals surface area (Å²) in [6.45, 7) is -0.381. The summed E-state index contributed by atoms with van der Waals surface area (Å²) in [6, 6.07) is 22.3. The van der Waals surface area contributed by atoms with Gasteiger partial charge in [-0.1, -0.05) is 42.5 Å². The van der Waals surface area contributed by atoms with Gasteiger partial charge in [-0.25, -0.2) is 9.78 Å². The van der Waals surface area contributed by atoms with E-state index in [-0.39, 0.29) is 6.61 Å². The van der Waals surface area contributed by atoms with E-state index in [9.17, 15) is 9.59 Å². The highest BCUT2D eigenvalue weighted by molar-refractivity contribution is 6.08. The Labute approximate surface area is 214 Å². The van der Waals surface area contributed by atoms with Gasteiger partial charge in [-0.3, -0.25) is 4.79 Å². The molecule has 5 rings (SSSR count). The van der Waals surface area contributed by atoms with Crippen molar-refractivity contribution in [1.82, 2.24) is 4.98 Å². The molecular formula is C30H26N2O5. The number of hydrogen-bond acceptors (Lipinski definition) is 6. The molecule has 1 N–H and O–H groups in total. The van der Waals surface area contributed by atoms with Crippen LogP contribution in [0.3, 0.4) is 0 Å². The molecule has 7 heteroatoms. The molecule has 0 fully saturated rings. The quantitative estimate of drug-likeness (QED) is 0.340. The number of ether oxygens (including phenoxy) is 3. The van der Waals surface area contributed by atoms with Gasteiger partial charge in [0.1, 0.15) is 0 Å². The fraction of sp³-hybridized carbons (Fsp3) is 0.167. The molecule has 1 aliphatic carbocycles. The second kappa shape index (κ2) is 10.5. The Hall–Kier alpha value is -4.65. The van der Waals surface area contributed by atoms with E-state index in [1.54, 1.807) is 26.4 Å². The topological polar surface area (TPSA) is 86.8 Å². The van der Waals surface area contributed by atoms with Crippen LogP contribution in [0.4, 0.5) is 5.69 Å². The van der Waals surface area contributed by atoms with Crippen LogP contribution in [0, 0.1) is 0 Å². The van der Waals surface area contributed by atoms with Gasteiger partial charge in [0, 0.05) is 11.1 Å². The lowest BCUT2D eigenvalue weighted by molar-refractivity contribution is -0.119. The van der Waals surface area contributed by atoms with Crippen LogP contribution in [0.5, 0.6) is 11.5 Å². The number of anilines is 1. The lowest BCUT2D eigenvalue weighted by atomic mass is 10.0. The number of rotatable bonds is 7. The first kappa shape index (κ1) is 24.1. The van der Waals surface area contributed by atoms with Crippen molar-refractivity contribution in [2.75, 3.05) is 26.1 Å². The zero-order chi connectivity index (χ0) is 25.8. The average molecular weight is 495 g/mol. The molecule has 1 aromatic heterocycles. The molecule has 1 aliphatic rings. The third-order valence-corrected chi connectivity index (χ3v) is 6.29. The fourth-order valence-electron chi connectivity index (χ4n) is 4.58. The number of allylic oxidation sites excluding steroid dienone is 1. The summed E-state index contributed by atoms with van der Waals surface area (Å²) in [7, 11) is 3.20. The second-order valence-electron chi connectivity index (χ2n) is 8.61. The Morgan fingerprint density at radius 1 is 0.919 bits per heavy atom. The van der Waals surface area contributed by atoms with E-state index in [1.807, 2.05) is 60.7 Å². The number of aromatic nitrogens is 1. The van der Waals surface area contributed by atoms with Crippen molar-refractivity contribution in [2.45, 2.75) is 12.8 Å². The van der Waals surface area contributed by atoms with Gasteiger partial charge >= 0.3 is 5.97 Å². The predicted octanol–water partition coefficient (Wildman–Crippen LogP) is 5.53. The minimum atomic E-state index is -0.537. The Morgan fingerprint density at radius 2 is 1.68 bits per heavy atom. The van der Waals surface area contributed by atoms with E-state index >= 15 is 0 Å². The maximum absolute atomic E-state index is 13.3. The van der Waals surface area contributed by atoms with Crippen molar-refractivity contribution >= 4 is 40.1 Å². The standard InChI is InChI=1S/C30H26N2O5/c1-35-25-15-12-19(17-26(25)36-2)16-20-13-14-23-28(22-10-6-7-11-24(22)32-29(20)23)30(34)37-18-27(33)31-21-8-4-3-5-9-21/h3-12,15-17H,13-14,18H2,1-2H3,(H,31,33)/b20-16-. The zero-order valence-corrected chi connectivity index (χ0v) is 20.6. The zero-order valence-electron chi connectivity index (χ0n) is 20.6. The molecule has 0 spiro atoms. The van der Waals surface area contributed by atoms with Crippen molar-refractivity contribution < 1.29 is 23.8 Å². The van der Waals surface area contributed by atoms with Crippen molar-refractivity contribution in [3.05, 3.63) is 95.2 Å². The number of hydrogen-bond donors (Lipinski definition) is 1. The molecule has 37 heavy (non-hydrogen) atoms. The Balaban J connectivity index is 1.45. The normalized spacial score (nSPS) is 13.3. The van der Waals surface area contributed by atoms with Crippen LogP contribution in [-0.2, 0) is 16.0 Å². The van der Waals surface area contributed by atoms with Crippen molar-refractivity contribution in [3.63, 3.8) is 0 Å². The lowest BCUT2D eigenvalue weighted by Crippen LogP contribution is -2.21. The second-order valence-corrected chi connectivity index (χ2v) is 8.61. The number of carbonyl (C=O) groups is 2. The minimum Gasteiger partial charge on any atom is -0.493 e.